The van der Waals surface area contributed by atoms with E-state index >= 15 is 0 Å². The fraction of sp³-hybridized carbons (Fsp3) is 0.588. The SMILES string of the molecule is CC(C)(N)C1CCCCN1C(=O)Cc1cccc(C(F)(F)F)c1. The Hall–Kier alpha value is -1.56. The first-order chi connectivity index (χ1) is 10.6. The van der Waals surface area contributed by atoms with Crippen molar-refractivity contribution >= 4 is 5.91 Å². The van der Waals surface area contributed by atoms with Gasteiger partial charge in [0.25, 0.3) is 0 Å². The third kappa shape index (κ3) is 4.47. The minimum atomic E-state index is -4.40. The number of nitrogens with zero attached hydrogens (tertiary/aromatic N) is 1. The predicted molar refractivity (Wildman–Crippen MR) is 82.8 cm³/mol. The first kappa shape index (κ1) is 17.8. The van der Waals surface area contributed by atoms with Crippen LogP contribution in [0.5, 0.6) is 0 Å². The summed E-state index contributed by atoms with van der Waals surface area (Å²) in [6, 6.07) is 4.88. The molecular weight excluding hydrogens is 305 g/mol. The maximum absolute atomic E-state index is 12.8. The Morgan fingerprint density at radius 1 is 1.30 bits per heavy atom. The van der Waals surface area contributed by atoms with E-state index in [-0.39, 0.29) is 18.4 Å². The monoisotopic (exact) mass is 328 g/mol. The maximum Gasteiger partial charge on any atom is 0.416 e. The zero-order valence-corrected chi connectivity index (χ0v) is 13.5. The molecule has 1 aliphatic heterocycles. The molecule has 0 spiro atoms. The Morgan fingerprint density at radius 2 is 2.00 bits per heavy atom. The number of carbonyl (C=O) groups is 1. The van der Waals surface area contributed by atoms with Crippen molar-refractivity contribution in [2.45, 2.75) is 57.3 Å². The number of hydrogen-bond acceptors (Lipinski definition) is 2. The number of piperidine rings is 1. The molecule has 1 aromatic rings. The van der Waals surface area contributed by atoms with Crippen LogP contribution in [0.3, 0.4) is 0 Å². The van der Waals surface area contributed by atoms with Crippen molar-refractivity contribution in [1.29, 1.82) is 0 Å². The molecule has 2 N–H and O–H groups in total. The van der Waals surface area contributed by atoms with Crippen molar-refractivity contribution in [3.63, 3.8) is 0 Å². The predicted octanol–water partition coefficient (Wildman–Crippen LogP) is 3.37. The largest absolute Gasteiger partial charge is 0.416 e. The number of halogens is 3. The molecule has 6 heteroatoms. The van der Waals surface area contributed by atoms with Crippen LogP contribution >= 0.6 is 0 Å². The summed E-state index contributed by atoms with van der Waals surface area (Å²) >= 11 is 0. The van der Waals surface area contributed by atoms with Crippen LogP contribution in [-0.2, 0) is 17.4 Å². The fourth-order valence-corrected chi connectivity index (χ4v) is 3.14. The number of likely N-dealkylation sites (tertiary alicyclic amines) is 1. The van der Waals surface area contributed by atoms with Gasteiger partial charge in [-0.05, 0) is 44.7 Å². The quantitative estimate of drug-likeness (QED) is 0.925. The van der Waals surface area contributed by atoms with Crippen LogP contribution in [0, 0.1) is 0 Å². The van der Waals surface area contributed by atoms with Gasteiger partial charge in [-0.2, -0.15) is 13.2 Å². The van der Waals surface area contributed by atoms with Crippen LogP contribution in [0.2, 0.25) is 0 Å². The van der Waals surface area contributed by atoms with Crippen molar-refractivity contribution in [2.24, 2.45) is 5.73 Å². The van der Waals surface area contributed by atoms with Gasteiger partial charge < -0.3 is 10.6 Å². The highest BCUT2D eigenvalue weighted by molar-refractivity contribution is 5.79. The number of carbonyl (C=O) groups excluding carboxylic acids is 1. The lowest BCUT2D eigenvalue weighted by molar-refractivity contribution is -0.138. The zero-order chi connectivity index (χ0) is 17.3. The highest BCUT2D eigenvalue weighted by Gasteiger charge is 2.35. The zero-order valence-electron chi connectivity index (χ0n) is 13.5. The smallest absolute Gasteiger partial charge is 0.338 e. The average Bonchev–Trinajstić information content (AvgIpc) is 2.46. The molecule has 0 saturated carbocycles. The number of alkyl halides is 3. The summed E-state index contributed by atoms with van der Waals surface area (Å²) in [4.78, 5) is 14.3. The highest BCUT2D eigenvalue weighted by Crippen LogP contribution is 2.30. The van der Waals surface area contributed by atoms with Gasteiger partial charge in [0.2, 0.25) is 5.91 Å². The first-order valence-electron chi connectivity index (χ1n) is 7.83. The van der Waals surface area contributed by atoms with E-state index in [2.05, 4.69) is 0 Å². The van der Waals surface area contributed by atoms with Gasteiger partial charge in [0.1, 0.15) is 0 Å². The average molecular weight is 328 g/mol. The molecule has 2 rings (SSSR count). The Labute approximate surface area is 134 Å². The van der Waals surface area contributed by atoms with Gasteiger partial charge in [0, 0.05) is 18.1 Å². The lowest BCUT2D eigenvalue weighted by Crippen LogP contribution is -2.58. The molecule has 3 nitrogen and oxygen atoms in total. The molecule has 1 heterocycles. The van der Waals surface area contributed by atoms with E-state index in [1.807, 2.05) is 13.8 Å². The first-order valence-corrected chi connectivity index (χ1v) is 7.83. The third-order valence-electron chi connectivity index (χ3n) is 4.29. The molecule has 1 fully saturated rings. The number of nitrogens with two attached hydrogens (primary N) is 1. The number of rotatable bonds is 3. The van der Waals surface area contributed by atoms with Gasteiger partial charge in [-0.15, -0.1) is 0 Å². The summed E-state index contributed by atoms with van der Waals surface area (Å²) in [6.07, 6.45) is -1.68. The van der Waals surface area contributed by atoms with Crippen molar-refractivity contribution in [3.05, 3.63) is 35.4 Å². The van der Waals surface area contributed by atoms with Crippen LogP contribution in [0.15, 0.2) is 24.3 Å². The lowest BCUT2D eigenvalue weighted by Gasteiger charge is -2.43. The molecule has 0 aromatic heterocycles. The topological polar surface area (TPSA) is 46.3 Å². The van der Waals surface area contributed by atoms with E-state index in [0.717, 1.165) is 31.4 Å². The summed E-state index contributed by atoms with van der Waals surface area (Å²) in [5, 5.41) is 0. The Kier molecular flexibility index (Phi) is 5.04. The lowest BCUT2D eigenvalue weighted by atomic mass is 9.86. The van der Waals surface area contributed by atoms with Crippen molar-refractivity contribution < 1.29 is 18.0 Å². The summed E-state index contributed by atoms with van der Waals surface area (Å²) in [5.74, 6) is -0.160. The second-order valence-corrected chi connectivity index (χ2v) is 6.79. The van der Waals surface area contributed by atoms with E-state index in [9.17, 15) is 18.0 Å². The minimum absolute atomic E-state index is 0.0312. The van der Waals surface area contributed by atoms with Crippen LogP contribution < -0.4 is 5.73 Å². The molecule has 1 saturated heterocycles. The molecule has 1 atom stereocenters. The van der Waals surface area contributed by atoms with Crippen molar-refractivity contribution in [3.8, 4) is 0 Å². The maximum atomic E-state index is 12.8. The van der Waals surface area contributed by atoms with Crippen LogP contribution in [0.25, 0.3) is 0 Å². The molecule has 1 aliphatic rings. The fourth-order valence-electron chi connectivity index (χ4n) is 3.14. The highest BCUT2D eigenvalue weighted by atomic mass is 19.4. The molecule has 23 heavy (non-hydrogen) atoms. The Bertz CT molecular complexity index is 564. The van der Waals surface area contributed by atoms with Gasteiger partial charge in [0.15, 0.2) is 0 Å². The van der Waals surface area contributed by atoms with E-state index < -0.39 is 17.3 Å². The van der Waals surface area contributed by atoms with E-state index in [1.54, 1.807) is 11.0 Å². The van der Waals surface area contributed by atoms with Gasteiger partial charge in [-0.25, -0.2) is 0 Å². The molecule has 0 bridgehead atoms. The second kappa shape index (κ2) is 6.51. The van der Waals surface area contributed by atoms with Crippen LogP contribution in [-0.4, -0.2) is 28.9 Å². The molecule has 0 radical (unpaired) electrons. The Balaban J connectivity index is 2.15. The summed E-state index contributed by atoms with van der Waals surface area (Å²) in [5.41, 5.74) is 5.30. The molecule has 1 unspecified atom stereocenters. The van der Waals surface area contributed by atoms with Gasteiger partial charge in [-0.3, -0.25) is 4.79 Å². The van der Waals surface area contributed by atoms with Gasteiger partial charge in [-0.1, -0.05) is 18.2 Å². The summed E-state index contributed by atoms with van der Waals surface area (Å²) in [7, 11) is 0. The number of hydrogen-bond donors (Lipinski definition) is 1. The second-order valence-electron chi connectivity index (χ2n) is 6.79. The number of benzene rings is 1. The van der Waals surface area contributed by atoms with Crippen LogP contribution in [0.4, 0.5) is 13.2 Å². The molecule has 1 amide bonds. The minimum Gasteiger partial charge on any atom is -0.338 e. The van der Waals surface area contributed by atoms with Crippen molar-refractivity contribution in [2.75, 3.05) is 6.54 Å². The van der Waals surface area contributed by atoms with Crippen molar-refractivity contribution in [1.82, 2.24) is 4.90 Å². The summed E-state index contributed by atoms with van der Waals surface area (Å²) in [6.45, 7) is 4.38. The van der Waals surface area contributed by atoms with E-state index in [4.69, 9.17) is 5.73 Å². The molecule has 0 aliphatic carbocycles. The third-order valence-corrected chi connectivity index (χ3v) is 4.29. The molecular formula is C17H23F3N2O. The van der Waals surface area contributed by atoms with E-state index in [0.29, 0.717) is 12.1 Å². The molecule has 1 aromatic carbocycles. The van der Waals surface area contributed by atoms with E-state index in [1.165, 1.54) is 6.07 Å². The molecule has 128 valence electrons. The van der Waals surface area contributed by atoms with Gasteiger partial charge >= 0.3 is 6.18 Å². The number of amides is 1. The standard InChI is InChI=1S/C17H23F3N2O/c1-16(2,21)14-8-3-4-9-22(14)15(23)11-12-6-5-7-13(10-12)17(18,19)20/h5-7,10,14H,3-4,8-9,11,21H2,1-2H3. The van der Waals surface area contributed by atoms with Gasteiger partial charge in [0.05, 0.1) is 12.0 Å². The Morgan fingerprint density at radius 3 is 2.61 bits per heavy atom. The normalized spacial score (nSPS) is 19.7. The summed E-state index contributed by atoms with van der Waals surface area (Å²) < 4.78 is 38.3. The van der Waals surface area contributed by atoms with Crippen LogP contribution in [0.1, 0.15) is 44.2 Å².